The van der Waals surface area contributed by atoms with Gasteiger partial charge in [0.05, 0.1) is 12.7 Å². The van der Waals surface area contributed by atoms with Crippen LogP contribution in [0.4, 0.5) is 5.69 Å². The van der Waals surface area contributed by atoms with Gasteiger partial charge in [-0.1, -0.05) is 6.07 Å². The molecule has 0 atom stereocenters. The molecule has 0 saturated heterocycles. The van der Waals surface area contributed by atoms with Crippen molar-refractivity contribution in [1.29, 1.82) is 0 Å². The first-order valence-electron chi connectivity index (χ1n) is 6.73. The number of ether oxygens (including phenoxy) is 1. The Bertz CT molecular complexity index is 674. The van der Waals surface area contributed by atoms with Crippen molar-refractivity contribution < 1.29 is 9.53 Å². The predicted octanol–water partition coefficient (Wildman–Crippen LogP) is 2.66. The maximum Gasteiger partial charge on any atom is 0.337 e. The SMILES string of the molecule is COC(=O)c1ccc(C)c(NC(=S)NCc2ccncc2)c1. The lowest BCUT2D eigenvalue weighted by Gasteiger charge is -2.13. The van der Waals surface area contributed by atoms with Crippen molar-refractivity contribution in [2.24, 2.45) is 0 Å². The fourth-order valence-electron chi connectivity index (χ4n) is 1.85. The molecule has 114 valence electrons. The second-order valence-corrected chi connectivity index (χ2v) is 5.09. The Hall–Kier alpha value is -2.47. The second kappa shape index (κ2) is 7.51. The highest BCUT2D eigenvalue weighted by molar-refractivity contribution is 7.80. The molecule has 0 bridgehead atoms. The summed E-state index contributed by atoms with van der Waals surface area (Å²) in [6.45, 7) is 2.54. The minimum Gasteiger partial charge on any atom is -0.465 e. The molecule has 0 unspecified atom stereocenters. The number of anilines is 1. The first-order valence-corrected chi connectivity index (χ1v) is 7.13. The molecule has 1 heterocycles. The number of thiocarbonyl (C=S) groups is 1. The van der Waals surface area contributed by atoms with Crippen molar-refractivity contribution in [3.05, 3.63) is 59.4 Å². The molecule has 1 aromatic heterocycles. The van der Waals surface area contributed by atoms with Crippen LogP contribution in [0.1, 0.15) is 21.5 Å². The molecule has 0 aliphatic carbocycles. The largest absolute Gasteiger partial charge is 0.465 e. The van der Waals surface area contributed by atoms with E-state index in [9.17, 15) is 4.79 Å². The smallest absolute Gasteiger partial charge is 0.337 e. The van der Waals surface area contributed by atoms with Crippen molar-refractivity contribution >= 4 is 29.0 Å². The van der Waals surface area contributed by atoms with Crippen molar-refractivity contribution in [1.82, 2.24) is 10.3 Å². The lowest BCUT2D eigenvalue weighted by atomic mass is 10.1. The van der Waals surface area contributed by atoms with Gasteiger partial charge in [-0.3, -0.25) is 4.98 Å². The van der Waals surface area contributed by atoms with Crippen molar-refractivity contribution in [2.45, 2.75) is 13.5 Å². The summed E-state index contributed by atoms with van der Waals surface area (Å²) in [4.78, 5) is 15.5. The van der Waals surface area contributed by atoms with E-state index in [0.717, 1.165) is 16.8 Å². The van der Waals surface area contributed by atoms with Crippen LogP contribution < -0.4 is 10.6 Å². The quantitative estimate of drug-likeness (QED) is 0.668. The van der Waals surface area contributed by atoms with E-state index < -0.39 is 0 Å². The van der Waals surface area contributed by atoms with E-state index in [1.165, 1.54) is 7.11 Å². The number of hydrogen-bond donors (Lipinski definition) is 2. The van der Waals surface area contributed by atoms with Gasteiger partial charge in [0.2, 0.25) is 0 Å². The average Bonchev–Trinajstić information content (AvgIpc) is 2.55. The van der Waals surface area contributed by atoms with Crippen LogP contribution in [0.3, 0.4) is 0 Å². The van der Waals surface area contributed by atoms with Crippen molar-refractivity contribution in [3.63, 3.8) is 0 Å². The Morgan fingerprint density at radius 3 is 2.68 bits per heavy atom. The normalized spacial score (nSPS) is 9.91. The second-order valence-electron chi connectivity index (χ2n) is 4.68. The Labute approximate surface area is 134 Å². The Morgan fingerprint density at radius 1 is 1.27 bits per heavy atom. The van der Waals surface area contributed by atoms with Gasteiger partial charge in [0, 0.05) is 24.6 Å². The third-order valence-corrected chi connectivity index (χ3v) is 3.36. The zero-order valence-corrected chi connectivity index (χ0v) is 13.2. The fraction of sp³-hybridized carbons (Fsp3) is 0.188. The van der Waals surface area contributed by atoms with Gasteiger partial charge in [-0.25, -0.2) is 4.79 Å². The molecule has 2 rings (SSSR count). The number of carbonyl (C=O) groups excluding carboxylic acids is 1. The summed E-state index contributed by atoms with van der Waals surface area (Å²) in [5.41, 5.74) is 3.32. The number of nitrogens with zero attached hydrogens (tertiary/aromatic N) is 1. The van der Waals surface area contributed by atoms with E-state index in [0.29, 0.717) is 17.2 Å². The highest BCUT2D eigenvalue weighted by Gasteiger charge is 2.09. The van der Waals surface area contributed by atoms with Crippen LogP contribution >= 0.6 is 12.2 Å². The number of methoxy groups -OCH3 is 1. The number of carbonyl (C=O) groups is 1. The van der Waals surface area contributed by atoms with Gasteiger partial charge in [0.25, 0.3) is 0 Å². The zero-order chi connectivity index (χ0) is 15.9. The molecule has 2 aromatic rings. The van der Waals surface area contributed by atoms with E-state index in [1.54, 1.807) is 24.5 Å². The summed E-state index contributed by atoms with van der Waals surface area (Å²) in [6.07, 6.45) is 3.47. The van der Waals surface area contributed by atoms with Crippen molar-refractivity contribution in [3.8, 4) is 0 Å². The standard InChI is InChI=1S/C16H17N3O2S/c1-11-3-4-13(15(20)21-2)9-14(11)19-16(22)18-10-12-5-7-17-8-6-12/h3-9H,10H2,1-2H3,(H2,18,19,22). The van der Waals surface area contributed by atoms with E-state index in [2.05, 4.69) is 15.6 Å². The molecule has 22 heavy (non-hydrogen) atoms. The highest BCUT2D eigenvalue weighted by Crippen LogP contribution is 2.17. The van der Waals surface area contributed by atoms with Gasteiger partial charge in [0.1, 0.15) is 0 Å². The maximum absolute atomic E-state index is 11.6. The van der Waals surface area contributed by atoms with Gasteiger partial charge < -0.3 is 15.4 Å². The van der Waals surface area contributed by atoms with Crippen LogP contribution in [-0.4, -0.2) is 23.2 Å². The molecule has 0 amide bonds. The Morgan fingerprint density at radius 2 is 2.00 bits per heavy atom. The predicted molar refractivity (Wildman–Crippen MR) is 89.8 cm³/mol. The number of hydrogen-bond acceptors (Lipinski definition) is 4. The summed E-state index contributed by atoms with van der Waals surface area (Å²) in [5.74, 6) is -0.376. The molecular weight excluding hydrogens is 298 g/mol. The summed E-state index contributed by atoms with van der Waals surface area (Å²) >= 11 is 5.28. The molecule has 0 aliphatic heterocycles. The average molecular weight is 315 g/mol. The third-order valence-electron chi connectivity index (χ3n) is 3.11. The Balaban J connectivity index is 2.00. The zero-order valence-electron chi connectivity index (χ0n) is 12.4. The van der Waals surface area contributed by atoms with Crippen LogP contribution in [0.25, 0.3) is 0 Å². The van der Waals surface area contributed by atoms with Crippen LogP contribution in [0.15, 0.2) is 42.7 Å². The van der Waals surface area contributed by atoms with Gasteiger partial charge in [-0.15, -0.1) is 0 Å². The number of esters is 1. The van der Waals surface area contributed by atoms with Gasteiger partial charge in [-0.05, 0) is 54.5 Å². The van der Waals surface area contributed by atoms with Crippen molar-refractivity contribution in [2.75, 3.05) is 12.4 Å². The van der Waals surface area contributed by atoms with E-state index in [-0.39, 0.29) is 5.97 Å². The number of pyridine rings is 1. The van der Waals surface area contributed by atoms with Crippen LogP contribution in [0.2, 0.25) is 0 Å². The number of aryl methyl sites for hydroxylation is 1. The fourth-order valence-corrected chi connectivity index (χ4v) is 2.03. The van der Waals surface area contributed by atoms with Crippen LogP contribution in [0, 0.1) is 6.92 Å². The van der Waals surface area contributed by atoms with Crippen LogP contribution in [0.5, 0.6) is 0 Å². The molecule has 6 heteroatoms. The molecule has 0 saturated carbocycles. The van der Waals surface area contributed by atoms with E-state index in [1.807, 2.05) is 25.1 Å². The Kier molecular flexibility index (Phi) is 5.43. The maximum atomic E-state index is 11.6. The molecule has 5 nitrogen and oxygen atoms in total. The van der Waals surface area contributed by atoms with Gasteiger partial charge in [-0.2, -0.15) is 0 Å². The minimum atomic E-state index is -0.376. The monoisotopic (exact) mass is 315 g/mol. The minimum absolute atomic E-state index is 0.376. The topological polar surface area (TPSA) is 63.2 Å². The number of rotatable bonds is 4. The highest BCUT2D eigenvalue weighted by atomic mass is 32.1. The first kappa shape index (κ1) is 15.9. The van der Waals surface area contributed by atoms with Crippen LogP contribution in [-0.2, 0) is 11.3 Å². The number of aromatic nitrogens is 1. The first-order chi connectivity index (χ1) is 10.6. The molecule has 2 N–H and O–H groups in total. The lowest BCUT2D eigenvalue weighted by molar-refractivity contribution is 0.0601. The summed E-state index contributed by atoms with van der Waals surface area (Å²) in [6, 6.07) is 9.12. The van der Waals surface area contributed by atoms with Gasteiger partial charge >= 0.3 is 5.97 Å². The number of nitrogens with one attached hydrogen (secondary N) is 2. The summed E-state index contributed by atoms with van der Waals surface area (Å²) in [5, 5.41) is 6.70. The molecule has 0 fully saturated rings. The van der Waals surface area contributed by atoms with E-state index in [4.69, 9.17) is 17.0 Å². The van der Waals surface area contributed by atoms with Gasteiger partial charge in [0.15, 0.2) is 5.11 Å². The van der Waals surface area contributed by atoms with E-state index >= 15 is 0 Å². The number of benzene rings is 1. The molecule has 0 aliphatic rings. The molecule has 1 aromatic carbocycles. The molecular formula is C16H17N3O2S. The summed E-state index contributed by atoms with van der Waals surface area (Å²) in [7, 11) is 1.36. The molecule has 0 radical (unpaired) electrons. The summed E-state index contributed by atoms with van der Waals surface area (Å²) < 4.78 is 4.72. The molecule has 0 spiro atoms. The lowest BCUT2D eigenvalue weighted by Crippen LogP contribution is -2.28. The third kappa shape index (κ3) is 4.26.